The average Bonchev–Trinajstić information content (AvgIpc) is 3.15. The Bertz CT molecular complexity index is 1090. The van der Waals surface area contributed by atoms with Gasteiger partial charge in [0, 0.05) is 19.0 Å². The first kappa shape index (κ1) is 19.6. The molecule has 1 aliphatic heterocycles. The Balaban J connectivity index is 1.73. The van der Waals surface area contributed by atoms with Crippen molar-refractivity contribution in [3.05, 3.63) is 89.5 Å². The molecule has 6 heteroatoms. The van der Waals surface area contributed by atoms with Gasteiger partial charge in [0.2, 0.25) is 10.0 Å². The van der Waals surface area contributed by atoms with Gasteiger partial charge in [-0.1, -0.05) is 66.3 Å². The van der Waals surface area contributed by atoms with E-state index in [9.17, 15) is 13.2 Å². The molecule has 5 nitrogen and oxygen atoms in total. The maximum atomic E-state index is 13.2. The summed E-state index contributed by atoms with van der Waals surface area (Å²) in [5, 5.41) is 0. The molecule has 150 valence electrons. The maximum absolute atomic E-state index is 13.2. The summed E-state index contributed by atoms with van der Waals surface area (Å²) >= 11 is 0. The minimum absolute atomic E-state index is 0.00832. The summed E-state index contributed by atoms with van der Waals surface area (Å²) in [7, 11) is -2.39. The van der Waals surface area contributed by atoms with Crippen molar-refractivity contribution >= 4 is 16.0 Å². The fourth-order valence-corrected chi connectivity index (χ4v) is 5.49. The van der Waals surface area contributed by atoms with Gasteiger partial charge >= 0.3 is 5.97 Å². The van der Waals surface area contributed by atoms with Gasteiger partial charge in [-0.3, -0.25) is 4.79 Å². The topological polar surface area (TPSA) is 63.7 Å². The number of carbonyl (C=O) groups is 1. The molecular formula is C23H23NO4S. The first-order valence-electron chi connectivity index (χ1n) is 9.47. The van der Waals surface area contributed by atoms with Crippen molar-refractivity contribution in [2.24, 2.45) is 5.41 Å². The number of nitrogens with zero attached hydrogens (tertiary/aromatic N) is 1. The largest absolute Gasteiger partial charge is 0.468 e. The molecule has 0 amide bonds. The number of benzene rings is 2. The highest BCUT2D eigenvalue weighted by Gasteiger charge is 2.52. The van der Waals surface area contributed by atoms with Crippen LogP contribution in [-0.2, 0) is 19.6 Å². The van der Waals surface area contributed by atoms with Crippen LogP contribution in [0.1, 0.15) is 17.0 Å². The van der Waals surface area contributed by atoms with E-state index in [0.717, 1.165) is 16.7 Å². The van der Waals surface area contributed by atoms with Crippen LogP contribution in [0.15, 0.2) is 83.3 Å². The summed E-state index contributed by atoms with van der Waals surface area (Å²) in [6.45, 7) is 2.12. The number of allylic oxidation sites excluding steroid dienone is 2. The van der Waals surface area contributed by atoms with Gasteiger partial charge < -0.3 is 4.74 Å². The van der Waals surface area contributed by atoms with E-state index in [1.165, 1.54) is 11.4 Å². The van der Waals surface area contributed by atoms with E-state index in [2.05, 4.69) is 0 Å². The lowest BCUT2D eigenvalue weighted by molar-refractivity contribution is -0.147. The molecule has 4 rings (SSSR count). The molecule has 0 unspecified atom stereocenters. The van der Waals surface area contributed by atoms with Crippen molar-refractivity contribution in [1.82, 2.24) is 4.31 Å². The third-order valence-electron chi connectivity index (χ3n) is 5.71. The molecule has 2 aromatic carbocycles. The molecule has 0 saturated carbocycles. The summed E-state index contributed by atoms with van der Waals surface area (Å²) < 4.78 is 32.9. The highest BCUT2D eigenvalue weighted by atomic mass is 32.2. The van der Waals surface area contributed by atoms with Crippen molar-refractivity contribution in [2.75, 3.05) is 20.2 Å². The summed E-state index contributed by atoms with van der Waals surface area (Å²) in [4.78, 5) is 13.0. The first-order valence-corrected chi connectivity index (χ1v) is 10.9. The minimum Gasteiger partial charge on any atom is -0.468 e. The van der Waals surface area contributed by atoms with Gasteiger partial charge in [-0.2, -0.15) is 4.31 Å². The van der Waals surface area contributed by atoms with Gasteiger partial charge in [0.25, 0.3) is 0 Å². The zero-order valence-electron chi connectivity index (χ0n) is 16.4. The van der Waals surface area contributed by atoms with Crippen LogP contribution in [0.25, 0.3) is 0 Å². The zero-order chi connectivity index (χ0) is 20.6. The first-order chi connectivity index (χ1) is 13.9. The van der Waals surface area contributed by atoms with E-state index >= 15 is 0 Å². The second-order valence-corrected chi connectivity index (χ2v) is 9.47. The van der Waals surface area contributed by atoms with Crippen LogP contribution < -0.4 is 0 Å². The third-order valence-corrected chi connectivity index (χ3v) is 7.51. The Morgan fingerprint density at radius 2 is 1.79 bits per heavy atom. The van der Waals surface area contributed by atoms with Crippen LogP contribution in [-0.4, -0.2) is 38.9 Å². The Morgan fingerprint density at radius 3 is 2.45 bits per heavy atom. The maximum Gasteiger partial charge on any atom is 0.321 e. The number of hydrogen-bond acceptors (Lipinski definition) is 4. The van der Waals surface area contributed by atoms with Crippen molar-refractivity contribution in [3.63, 3.8) is 0 Å². The molecule has 0 radical (unpaired) electrons. The van der Waals surface area contributed by atoms with Crippen molar-refractivity contribution in [2.45, 2.75) is 17.7 Å². The number of hydrogen-bond donors (Lipinski definition) is 0. The predicted molar refractivity (Wildman–Crippen MR) is 111 cm³/mol. The van der Waals surface area contributed by atoms with Crippen LogP contribution in [0.4, 0.5) is 0 Å². The lowest BCUT2D eigenvalue weighted by atomic mass is 9.75. The standard InChI is InChI=1S/C23H23NO4S/c1-17-8-10-21(11-9-17)29(26,27)24-15-20-14-19(18-6-4-3-5-7-18)12-13-23(20,16-24)22(25)28-2/h3-14,19H,15-16H2,1-2H3/t19-,23-/m0/s1. The van der Waals surface area contributed by atoms with E-state index in [0.29, 0.717) is 0 Å². The van der Waals surface area contributed by atoms with Gasteiger partial charge in [-0.15, -0.1) is 0 Å². The number of rotatable bonds is 4. The Morgan fingerprint density at radius 1 is 1.10 bits per heavy atom. The number of carbonyl (C=O) groups excluding carboxylic acids is 1. The van der Waals surface area contributed by atoms with Crippen molar-refractivity contribution in [1.29, 1.82) is 0 Å². The summed E-state index contributed by atoms with van der Waals surface area (Å²) in [5.41, 5.74) is 1.77. The third kappa shape index (κ3) is 3.32. The van der Waals surface area contributed by atoms with Crippen molar-refractivity contribution in [3.8, 4) is 0 Å². The van der Waals surface area contributed by atoms with Gasteiger partial charge in [0.1, 0.15) is 5.41 Å². The van der Waals surface area contributed by atoms with Crippen LogP contribution in [0.3, 0.4) is 0 Å². The number of aryl methyl sites for hydroxylation is 1. The van der Waals surface area contributed by atoms with Gasteiger partial charge in [0.15, 0.2) is 0 Å². The molecule has 1 fully saturated rings. The predicted octanol–water partition coefficient (Wildman–Crippen LogP) is 3.44. The molecule has 0 N–H and O–H groups in total. The van der Waals surface area contributed by atoms with Crippen LogP contribution >= 0.6 is 0 Å². The molecule has 1 aliphatic carbocycles. The second-order valence-electron chi connectivity index (χ2n) is 7.54. The number of sulfonamides is 1. The molecule has 0 aromatic heterocycles. The van der Waals surface area contributed by atoms with E-state index < -0.39 is 21.4 Å². The molecule has 2 atom stereocenters. The van der Waals surface area contributed by atoms with Crippen LogP contribution in [0, 0.1) is 12.3 Å². The SMILES string of the molecule is COC(=O)[C@]12C=C[C@H](c3ccccc3)C=C1CN(S(=O)(=O)c1ccc(C)cc1)C2. The highest BCUT2D eigenvalue weighted by Crippen LogP contribution is 2.45. The van der Waals surface area contributed by atoms with E-state index in [1.54, 1.807) is 24.3 Å². The summed E-state index contributed by atoms with van der Waals surface area (Å²) in [5.74, 6) is -0.445. The Hall–Kier alpha value is -2.70. The fraction of sp³-hybridized carbons (Fsp3) is 0.261. The minimum atomic E-state index is -3.72. The number of fused-ring (bicyclic) bond motifs is 1. The summed E-state index contributed by atoms with van der Waals surface area (Å²) in [6, 6.07) is 16.7. The zero-order valence-corrected chi connectivity index (χ0v) is 17.2. The van der Waals surface area contributed by atoms with Crippen LogP contribution in [0.2, 0.25) is 0 Å². The monoisotopic (exact) mass is 409 g/mol. The fourth-order valence-electron chi connectivity index (χ4n) is 4.03. The molecule has 0 spiro atoms. The van der Waals surface area contributed by atoms with Gasteiger partial charge in [-0.05, 0) is 30.2 Å². The molecule has 1 saturated heterocycles. The molecule has 2 aliphatic rings. The molecular weight excluding hydrogens is 386 g/mol. The van der Waals surface area contributed by atoms with E-state index in [1.807, 2.05) is 55.5 Å². The number of esters is 1. The van der Waals surface area contributed by atoms with Crippen molar-refractivity contribution < 1.29 is 17.9 Å². The quantitative estimate of drug-likeness (QED) is 0.573. The van der Waals surface area contributed by atoms with E-state index in [4.69, 9.17) is 4.74 Å². The van der Waals surface area contributed by atoms with E-state index in [-0.39, 0.29) is 23.9 Å². The normalized spacial score (nSPS) is 24.1. The van der Waals surface area contributed by atoms with Gasteiger partial charge in [-0.25, -0.2) is 8.42 Å². The highest BCUT2D eigenvalue weighted by molar-refractivity contribution is 7.89. The lowest BCUT2D eigenvalue weighted by Gasteiger charge is -2.28. The second kappa shape index (κ2) is 7.28. The Kier molecular flexibility index (Phi) is 4.92. The lowest BCUT2D eigenvalue weighted by Crippen LogP contribution is -2.37. The summed E-state index contributed by atoms with van der Waals surface area (Å²) in [6.07, 6.45) is 5.77. The molecule has 29 heavy (non-hydrogen) atoms. The molecule has 0 bridgehead atoms. The molecule has 1 heterocycles. The smallest absolute Gasteiger partial charge is 0.321 e. The van der Waals surface area contributed by atoms with Crippen LogP contribution in [0.5, 0.6) is 0 Å². The molecule has 2 aromatic rings. The number of ether oxygens (including phenoxy) is 1. The average molecular weight is 410 g/mol. The van der Waals surface area contributed by atoms with Gasteiger partial charge in [0.05, 0.1) is 12.0 Å². The number of methoxy groups -OCH3 is 1. The Labute approximate surface area is 171 Å².